The zero-order chi connectivity index (χ0) is 17.4. The Labute approximate surface area is 144 Å². The molecule has 0 radical (unpaired) electrons. The number of fused-ring (bicyclic) bond motifs is 2. The standard InChI is InChI=1S/C18H18N2O5/c1-22-15-11-3-4-19-10-13(11)16(23-2)17-12(15)9-14(25-17)18(21)20-5-7-24-8-6-20/h3-4,9-10H,5-8H2,1-2H3. The van der Waals surface area contributed by atoms with E-state index in [2.05, 4.69) is 4.98 Å². The number of hydrogen-bond donors (Lipinski definition) is 0. The minimum absolute atomic E-state index is 0.161. The van der Waals surface area contributed by atoms with Crippen molar-refractivity contribution in [3.05, 3.63) is 30.3 Å². The van der Waals surface area contributed by atoms with Gasteiger partial charge in [0.15, 0.2) is 17.1 Å². The third kappa shape index (κ3) is 2.47. The molecule has 1 amide bonds. The van der Waals surface area contributed by atoms with Gasteiger partial charge < -0.3 is 23.5 Å². The fraction of sp³-hybridized carbons (Fsp3) is 0.333. The lowest BCUT2D eigenvalue weighted by molar-refractivity contribution is 0.0284. The number of aromatic nitrogens is 1. The number of carbonyl (C=O) groups excluding carboxylic acids is 1. The van der Waals surface area contributed by atoms with Crippen LogP contribution in [0.4, 0.5) is 0 Å². The Kier molecular flexibility index (Phi) is 3.93. The number of carbonyl (C=O) groups is 1. The van der Waals surface area contributed by atoms with Gasteiger partial charge in [0.1, 0.15) is 5.75 Å². The lowest BCUT2D eigenvalue weighted by Gasteiger charge is -2.25. The summed E-state index contributed by atoms with van der Waals surface area (Å²) in [5, 5.41) is 2.33. The minimum atomic E-state index is -0.161. The number of hydrogen-bond acceptors (Lipinski definition) is 6. The van der Waals surface area contributed by atoms with E-state index in [1.165, 1.54) is 0 Å². The third-order valence-electron chi connectivity index (χ3n) is 4.41. The number of rotatable bonds is 3. The molecule has 0 N–H and O–H groups in total. The molecule has 1 fully saturated rings. The summed E-state index contributed by atoms with van der Waals surface area (Å²) < 4.78 is 22.3. The predicted octanol–water partition coefficient (Wildman–Crippen LogP) is 2.47. The molecule has 2 aromatic heterocycles. The second-order valence-electron chi connectivity index (χ2n) is 5.75. The number of furan rings is 1. The second kappa shape index (κ2) is 6.25. The maximum absolute atomic E-state index is 12.7. The molecule has 0 spiro atoms. The Bertz CT molecular complexity index is 883. The van der Waals surface area contributed by atoms with Crippen molar-refractivity contribution >= 4 is 27.6 Å². The topological polar surface area (TPSA) is 74.0 Å². The van der Waals surface area contributed by atoms with E-state index in [0.29, 0.717) is 48.8 Å². The van der Waals surface area contributed by atoms with Crippen LogP contribution in [0.3, 0.4) is 0 Å². The number of amides is 1. The highest BCUT2D eigenvalue weighted by Gasteiger charge is 2.25. The van der Waals surface area contributed by atoms with Crippen LogP contribution in [0.2, 0.25) is 0 Å². The molecule has 0 atom stereocenters. The van der Waals surface area contributed by atoms with E-state index in [0.717, 1.165) is 10.8 Å². The third-order valence-corrected chi connectivity index (χ3v) is 4.41. The lowest BCUT2D eigenvalue weighted by Crippen LogP contribution is -2.40. The van der Waals surface area contributed by atoms with Crippen molar-refractivity contribution in [3.8, 4) is 11.5 Å². The average molecular weight is 342 g/mol. The maximum atomic E-state index is 12.7. The van der Waals surface area contributed by atoms with E-state index in [4.69, 9.17) is 18.6 Å². The highest BCUT2D eigenvalue weighted by molar-refractivity contribution is 6.10. The lowest BCUT2D eigenvalue weighted by atomic mass is 10.1. The van der Waals surface area contributed by atoms with E-state index in [-0.39, 0.29) is 11.7 Å². The van der Waals surface area contributed by atoms with Crippen molar-refractivity contribution in [2.75, 3.05) is 40.5 Å². The average Bonchev–Trinajstić information content (AvgIpc) is 3.10. The van der Waals surface area contributed by atoms with Crippen molar-refractivity contribution in [2.45, 2.75) is 0 Å². The van der Waals surface area contributed by atoms with Crippen LogP contribution in [0.5, 0.6) is 11.5 Å². The molecule has 0 saturated carbocycles. The van der Waals surface area contributed by atoms with Crippen LogP contribution >= 0.6 is 0 Å². The molecule has 4 rings (SSSR count). The Morgan fingerprint density at radius 3 is 2.60 bits per heavy atom. The highest BCUT2D eigenvalue weighted by Crippen LogP contribution is 2.43. The second-order valence-corrected chi connectivity index (χ2v) is 5.75. The molecule has 0 aliphatic carbocycles. The number of pyridine rings is 1. The monoisotopic (exact) mass is 342 g/mol. The zero-order valence-electron chi connectivity index (χ0n) is 14.1. The van der Waals surface area contributed by atoms with E-state index in [1.54, 1.807) is 37.6 Å². The molecule has 1 aliphatic heterocycles. The van der Waals surface area contributed by atoms with Crippen molar-refractivity contribution in [3.63, 3.8) is 0 Å². The normalized spacial score (nSPS) is 14.9. The van der Waals surface area contributed by atoms with Crippen LogP contribution < -0.4 is 9.47 Å². The van der Waals surface area contributed by atoms with Crippen LogP contribution in [0.15, 0.2) is 28.9 Å². The summed E-state index contributed by atoms with van der Waals surface area (Å²) >= 11 is 0. The highest BCUT2D eigenvalue weighted by atomic mass is 16.5. The molecule has 25 heavy (non-hydrogen) atoms. The van der Waals surface area contributed by atoms with Crippen molar-refractivity contribution in [2.24, 2.45) is 0 Å². The molecular formula is C18H18N2O5. The first-order chi connectivity index (χ1) is 12.2. The van der Waals surface area contributed by atoms with Gasteiger partial charge in [-0.05, 0) is 6.07 Å². The van der Waals surface area contributed by atoms with E-state index in [1.807, 2.05) is 6.07 Å². The zero-order valence-corrected chi connectivity index (χ0v) is 14.1. The fourth-order valence-electron chi connectivity index (χ4n) is 3.22. The van der Waals surface area contributed by atoms with Crippen LogP contribution in [0.1, 0.15) is 10.6 Å². The van der Waals surface area contributed by atoms with E-state index in [9.17, 15) is 4.79 Å². The minimum Gasteiger partial charge on any atom is -0.495 e. The molecule has 1 aliphatic rings. The van der Waals surface area contributed by atoms with Crippen molar-refractivity contribution in [1.29, 1.82) is 0 Å². The van der Waals surface area contributed by atoms with E-state index >= 15 is 0 Å². The van der Waals surface area contributed by atoms with Crippen molar-refractivity contribution < 1.29 is 23.4 Å². The van der Waals surface area contributed by atoms with Gasteiger partial charge in [-0.1, -0.05) is 0 Å². The first-order valence-electron chi connectivity index (χ1n) is 8.02. The molecule has 3 heterocycles. The summed E-state index contributed by atoms with van der Waals surface area (Å²) in [6.45, 7) is 2.18. The summed E-state index contributed by atoms with van der Waals surface area (Å²) in [5.41, 5.74) is 0.483. The smallest absolute Gasteiger partial charge is 0.289 e. The van der Waals surface area contributed by atoms with E-state index < -0.39 is 0 Å². The predicted molar refractivity (Wildman–Crippen MR) is 91.3 cm³/mol. The number of methoxy groups -OCH3 is 2. The fourth-order valence-corrected chi connectivity index (χ4v) is 3.22. The summed E-state index contributed by atoms with van der Waals surface area (Å²) in [4.78, 5) is 18.6. The molecule has 3 aromatic rings. The largest absolute Gasteiger partial charge is 0.495 e. The molecule has 7 heteroatoms. The quantitative estimate of drug-likeness (QED) is 0.728. The van der Waals surface area contributed by atoms with Gasteiger partial charge in [0.25, 0.3) is 5.91 Å². The summed E-state index contributed by atoms with van der Waals surface area (Å²) in [7, 11) is 3.16. The Hall–Kier alpha value is -2.80. The van der Waals surface area contributed by atoms with Gasteiger partial charge in [-0.2, -0.15) is 0 Å². The molecule has 1 aromatic carbocycles. The van der Waals surface area contributed by atoms with Gasteiger partial charge in [-0.3, -0.25) is 9.78 Å². The molecule has 7 nitrogen and oxygen atoms in total. The molecule has 0 bridgehead atoms. The number of benzene rings is 1. The first-order valence-corrected chi connectivity index (χ1v) is 8.02. The summed E-state index contributed by atoms with van der Waals surface area (Å²) in [6, 6.07) is 3.57. The number of morpholine rings is 1. The van der Waals surface area contributed by atoms with Crippen LogP contribution in [-0.2, 0) is 4.74 Å². The van der Waals surface area contributed by atoms with Gasteiger partial charge in [0, 0.05) is 42.3 Å². The van der Waals surface area contributed by atoms with Gasteiger partial charge >= 0.3 is 0 Å². The van der Waals surface area contributed by atoms with Crippen LogP contribution in [0.25, 0.3) is 21.7 Å². The molecule has 0 unspecified atom stereocenters. The Morgan fingerprint density at radius 2 is 1.88 bits per heavy atom. The molecule has 1 saturated heterocycles. The first kappa shape index (κ1) is 15.7. The molecule has 130 valence electrons. The Balaban J connectivity index is 1.92. The van der Waals surface area contributed by atoms with Crippen LogP contribution in [0, 0.1) is 0 Å². The number of ether oxygens (including phenoxy) is 3. The van der Waals surface area contributed by atoms with Gasteiger partial charge in [-0.15, -0.1) is 0 Å². The van der Waals surface area contributed by atoms with Gasteiger partial charge in [-0.25, -0.2) is 0 Å². The van der Waals surface area contributed by atoms with Crippen LogP contribution in [-0.4, -0.2) is 56.3 Å². The van der Waals surface area contributed by atoms with Crippen molar-refractivity contribution in [1.82, 2.24) is 9.88 Å². The summed E-state index contributed by atoms with van der Waals surface area (Å²) in [5.74, 6) is 1.28. The Morgan fingerprint density at radius 1 is 1.12 bits per heavy atom. The molecular weight excluding hydrogens is 324 g/mol. The number of nitrogens with zero attached hydrogens (tertiary/aromatic N) is 2. The summed E-state index contributed by atoms with van der Waals surface area (Å²) in [6.07, 6.45) is 3.39. The van der Waals surface area contributed by atoms with Gasteiger partial charge in [0.05, 0.1) is 32.8 Å². The van der Waals surface area contributed by atoms with Gasteiger partial charge in [0.2, 0.25) is 0 Å². The SMILES string of the molecule is COc1c2ccncc2c(OC)c2oc(C(=O)N3CCOCC3)cc12. The maximum Gasteiger partial charge on any atom is 0.289 e.